The van der Waals surface area contributed by atoms with Crippen LogP contribution in [0.3, 0.4) is 0 Å². The molecular formula is C12H19BrN2O. The lowest BCUT2D eigenvalue weighted by molar-refractivity contribution is 0.421. The zero-order valence-corrected chi connectivity index (χ0v) is 11.4. The molecule has 1 N–H and O–H groups in total. The molecule has 0 amide bonds. The fourth-order valence-electron chi connectivity index (χ4n) is 1.39. The monoisotopic (exact) mass is 286 g/mol. The number of halogens is 1. The van der Waals surface area contributed by atoms with Crippen molar-refractivity contribution in [2.24, 2.45) is 5.92 Å². The maximum absolute atomic E-state index is 11.4. The van der Waals surface area contributed by atoms with Gasteiger partial charge in [-0.05, 0) is 18.9 Å². The van der Waals surface area contributed by atoms with Gasteiger partial charge in [0.2, 0.25) is 0 Å². The van der Waals surface area contributed by atoms with Crippen LogP contribution >= 0.6 is 15.9 Å². The third-order valence-corrected chi connectivity index (χ3v) is 3.84. The number of nitrogens with zero attached hydrogens (tertiary/aromatic N) is 1. The highest BCUT2D eigenvalue weighted by molar-refractivity contribution is 9.09. The van der Waals surface area contributed by atoms with E-state index < -0.39 is 0 Å². The van der Waals surface area contributed by atoms with Gasteiger partial charge in [-0.3, -0.25) is 4.79 Å². The van der Waals surface area contributed by atoms with Crippen LogP contribution in [0.25, 0.3) is 0 Å². The highest BCUT2D eigenvalue weighted by Crippen LogP contribution is 2.05. The zero-order valence-electron chi connectivity index (χ0n) is 9.82. The predicted octanol–water partition coefficient (Wildman–Crippen LogP) is 1.86. The van der Waals surface area contributed by atoms with Crippen molar-refractivity contribution >= 4 is 15.9 Å². The molecule has 1 heterocycles. The van der Waals surface area contributed by atoms with Crippen molar-refractivity contribution in [3.8, 4) is 0 Å². The second-order valence-electron chi connectivity index (χ2n) is 4.11. The molecule has 1 rings (SSSR count). The largest absolute Gasteiger partial charge is 0.314 e. The van der Waals surface area contributed by atoms with E-state index in [4.69, 9.17) is 0 Å². The van der Waals surface area contributed by atoms with Gasteiger partial charge in [-0.25, -0.2) is 0 Å². The lowest BCUT2D eigenvalue weighted by atomic mass is 10.1. The molecule has 90 valence electrons. The summed E-state index contributed by atoms with van der Waals surface area (Å²) in [6, 6.07) is 5.69. The number of pyridine rings is 1. The van der Waals surface area contributed by atoms with Gasteiger partial charge in [-0.2, -0.15) is 0 Å². The van der Waals surface area contributed by atoms with Crippen LogP contribution in [-0.4, -0.2) is 22.5 Å². The van der Waals surface area contributed by atoms with Crippen molar-refractivity contribution in [1.82, 2.24) is 9.88 Å². The van der Waals surface area contributed by atoms with E-state index in [0.717, 1.165) is 18.4 Å². The van der Waals surface area contributed by atoms with Crippen LogP contribution in [0.5, 0.6) is 0 Å². The molecule has 4 heteroatoms. The molecule has 16 heavy (non-hydrogen) atoms. The van der Waals surface area contributed by atoms with Crippen LogP contribution < -0.4 is 10.9 Å². The molecule has 1 aromatic heterocycles. The topological polar surface area (TPSA) is 34.0 Å². The van der Waals surface area contributed by atoms with Crippen molar-refractivity contribution < 1.29 is 0 Å². The Kier molecular flexibility index (Phi) is 5.77. The van der Waals surface area contributed by atoms with Crippen LogP contribution in [0.1, 0.15) is 13.8 Å². The van der Waals surface area contributed by atoms with Gasteiger partial charge in [0, 0.05) is 36.7 Å². The minimum Gasteiger partial charge on any atom is -0.314 e. The van der Waals surface area contributed by atoms with E-state index in [0.29, 0.717) is 12.0 Å². The molecule has 3 nitrogen and oxygen atoms in total. The molecule has 0 saturated carbocycles. The normalized spacial score (nSPS) is 14.7. The molecule has 2 unspecified atom stereocenters. The summed E-state index contributed by atoms with van der Waals surface area (Å²) in [6.45, 7) is 5.91. The van der Waals surface area contributed by atoms with Crippen LogP contribution in [0.15, 0.2) is 29.2 Å². The standard InChI is InChI=1S/C12H19BrN2O/c1-10(9-13)11(2)14-6-8-15-7-4-3-5-12(15)16/h3-5,7,10-11,14H,6,8-9H2,1-2H3. The summed E-state index contributed by atoms with van der Waals surface area (Å²) in [5, 5.41) is 4.41. The Labute approximate surface area is 105 Å². The van der Waals surface area contributed by atoms with Gasteiger partial charge in [-0.15, -0.1) is 0 Å². The van der Waals surface area contributed by atoms with Gasteiger partial charge in [0.25, 0.3) is 5.56 Å². The van der Waals surface area contributed by atoms with Crippen molar-refractivity contribution in [2.45, 2.75) is 26.4 Å². The minimum atomic E-state index is 0.0606. The summed E-state index contributed by atoms with van der Waals surface area (Å²) in [7, 11) is 0. The van der Waals surface area contributed by atoms with Gasteiger partial charge in [0.1, 0.15) is 0 Å². The smallest absolute Gasteiger partial charge is 0.250 e. The first kappa shape index (κ1) is 13.5. The SMILES string of the molecule is CC(CBr)C(C)NCCn1ccccc1=O. The molecule has 0 aliphatic rings. The quantitative estimate of drug-likeness (QED) is 0.810. The summed E-state index contributed by atoms with van der Waals surface area (Å²) in [5.74, 6) is 0.590. The van der Waals surface area contributed by atoms with Gasteiger partial charge >= 0.3 is 0 Å². The highest BCUT2D eigenvalue weighted by atomic mass is 79.9. The Hall–Kier alpha value is -0.610. The van der Waals surface area contributed by atoms with E-state index in [2.05, 4.69) is 35.1 Å². The number of alkyl halides is 1. The summed E-state index contributed by atoms with van der Waals surface area (Å²) < 4.78 is 1.72. The second kappa shape index (κ2) is 6.86. The van der Waals surface area contributed by atoms with Crippen LogP contribution in [0.4, 0.5) is 0 Å². The maximum Gasteiger partial charge on any atom is 0.250 e. The Balaban J connectivity index is 2.36. The fourth-order valence-corrected chi connectivity index (χ4v) is 1.95. The molecule has 0 bridgehead atoms. The zero-order chi connectivity index (χ0) is 12.0. The van der Waals surface area contributed by atoms with E-state index in [1.54, 1.807) is 16.7 Å². The number of hydrogen-bond acceptors (Lipinski definition) is 2. The summed E-state index contributed by atoms with van der Waals surface area (Å²) in [5.41, 5.74) is 0.0606. The first-order valence-electron chi connectivity index (χ1n) is 5.60. The fraction of sp³-hybridized carbons (Fsp3) is 0.583. The molecule has 0 aromatic carbocycles. The van der Waals surface area contributed by atoms with E-state index in [1.165, 1.54) is 0 Å². The summed E-state index contributed by atoms with van der Waals surface area (Å²) in [6.07, 6.45) is 1.82. The predicted molar refractivity (Wildman–Crippen MR) is 71.1 cm³/mol. The Bertz CT molecular complexity index is 364. The van der Waals surface area contributed by atoms with Gasteiger partial charge in [0.15, 0.2) is 0 Å². The molecule has 0 spiro atoms. The van der Waals surface area contributed by atoms with E-state index in [1.807, 2.05) is 12.3 Å². The Morgan fingerprint density at radius 2 is 2.19 bits per heavy atom. The molecule has 2 atom stereocenters. The summed E-state index contributed by atoms with van der Waals surface area (Å²) in [4.78, 5) is 11.4. The highest BCUT2D eigenvalue weighted by Gasteiger charge is 2.09. The maximum atomic E-state index is 11.4. The number of rotatable bonds is 6. The van der Waals surface area contributed by atoms with E-state index >= 15 is 0 Å². The average Bonchev–Trinajstić information content (AvgIpc) is 2.30. The third kappa shape index (κ3) is 4.10. The molecule has 1 aromatic rings. The first-order valence-corrected chi connectivity index (χ1v) is 6.72. The van der Waals surface area contributed by atoms with Gasteiger partial charge < -0.3 is 9.88 Å². The summed E-state index contributed by atoms with van der Waals surface area (Å²) >= 11 is 3.47. The van der Waals surface area contributed by atoms with Gasteiger partial charge in [0.05, 0.1) is 0 Å². The van der Waals surface area contributed by atoms with Crippen molar-refractivity contribution in [3.05, 3.63) is 34.7 Å². The second-order valence-corrected chi connectivity index (χ2v) is 4.75. The molecule has 0 aliphatic carbocycles. The van der Waals surface area contributed by atoms with Gasteiger partial charge in [-0.1, -0.05) is 28.9 Å². The van der Waals surface area contributed by atoms with Crippen LogP contribution in [-0.2, 0) is 6.54 Å². The van der Waals surface area contributed by atoms with Crippen LogP contribution in [0.2, 0.25) is 0 Å². The van der Waals surface area contributed by atoms with Crippen molar-refractivity contribution in [1.29, 1.82) is 0 Å². The van der Waals surface area contributed by atoms with Crippen LogP contribution in [0, 0.1) is 5.92 Å². The molecule has 0 saturated heterocycles. The van der Waals surface area contributed by atoms with Crippen molar-refractivity contribution in [3.63, 3.8) is 0 Å². The first-order chi connectivity index (χ1) is 7.65. The third-order valence-electron chi connectivity index (χ3n) is 2.81. The lowest BCUT2D eigenvalue weighted by Crippen LogP contribution is -2.36. The molecule has 0 radical (unpaired) electrons. The molecular weight excluding hydrogens is 268 g/mol. The number of hydrogen-bond donors (Lipinski definition) is 1. The van der Waals surface area contributed by atoms with Crippen molar-refractivity contribution in [2.75, 3.05) is 11.9 Å². The van der Waals surface area contributed by atoms with E-state index in [9.17, 15) is 4.79 Å². The number of aromatic nitrogens is 1. The number of nitrogens with one attached hydrogen (secondary N) is 1. The Morgan fingerprint density at radius 1 is 1.44 bits per heavy atom. The minimum absolute atomic E-state index is 0.0606. The van der Waals surface area contributed by atoms with E-state index in [-0.39, 0.29) is 5.56 Å². The molecule has 0 fully saturated rings. The Morgan fingerprint density at radius 3 is 2.81 bits per heavy atom. The average molecular weight is 287 g/mol. The molecule has 0 aliphatic heterocycles. The lowest BCUT2D eigenvalue weighted by Gasteiger charge is -2.19.